The molecular formula is C22H34O8. The lowest BCUT2D eigenvalue weighted by molar-refractivity contribution is -0.506. The van der Waals surface area contributed by atoms with Crippen molar-refractivity contribution in [3.05, 3.63) is 0 Å². The number of aliphatic hydroxyl groups is 4. The standard InChI is InChI=1S/C22H34O8/c1-19(2)6-5-7-20-13-12(23)8-10-11(9-28-3)16(25)21(13,15(10)24)22(27,17(26)14(19)20)30-18(20)29-4/h10-15,17-18,23-24,26-27H,5-9H2,1-4H3/t10-,11-,12-,13-,14+,15+,17-,18+,20+,21+,22+/m0/s1. The number of methoxy groups -OCH3 is 2. The van der Waals surface area contributed by atoms with Crippen molar-refractivity contribution in [3.63, 3.8) is 0 Å². The van der Waals surface area contributed by atoms with Crippen molar-refractivity contribution in [1.82, 2.24) is 0 Å². The summed E-state index contributed by atoms with van der Waals surface area (Å²) >= 11 is 0. The fourth-order valence-corrected chi connectivity index (χ4v) is 8.87. The van der Waals surface area contributed by atoms with Gasteiger partial charge in [-0.15, -0.1) is 0 Å². The van der Waals surface area contributed by atoms with Crippen LogP contribution in [-0.2, 0) is 19.0 Å². The van der Waals surface area contributed by atoms with E-state index in [2.05, 4.69) is 0 Å². The van der Waals surface area contributed by atoms with Gasteiger partial charge in [-0.25, -0.2) is 0 Å². The Morgan fingerprint density at radius 1 is 1.10 bits per heavy atom. The second-order valence-electron chi connectivity index (χ2n) is 10.9. The van der Waals surface area contributed by atoms with E-state index in [1.54, 1.807) is 0 Å². The van der Waals surface area contributed by atoms with E-state index >= 15 is 0 Å². The monoisotopic (exact) mass is 426 g/mol. The molecule has 0 unspecified atom stereocenters. The van der Waals surface area contributed by atoms with Crippen molar-refractivity contribution in [2.45, 2.75) is 69.9 Å². The highest BCUT2D eigenvalue weighted by Crippen LogP contribution is 2.78. The average Bonchev–Trinajstić information content (AvgIpc) is 2.80. The molecule has 0 aromatic rings. The first-order chi connectivity index (χ1) is 14.1. The second-order valence-corrected chi connectivity index (χ2v) is 10.9. The van der Waals surface area contributed by atoms with Crippen LogP contribution in [0.5, 0.6) is 0 Å². The topological polar surface area (TPSA) is 126 Å². The van der Waals surface area contributed by atoms with Crippen LogP contribution in [0.25, 0.3) is 0 Å². The zero-order valence-corrected chi connectivity index (χ0v) is 18.1. The van der Waals surface area contributed by atoms with Crippen molar-refractivity contribution in [1.29, 1.82) is 0 Å². The SMILES string of the molecule is COC[C@@H]1C(=O)[C@]23[C@H](O)[C@H]1C[C@H](O)[C@H]2[C@]12CCCC(C)(C)[C@H]1[C@H](O)[C@@]3(O)O[C@H]2OC. The maximum Gasteiger partial charge on any atom is 0.210 e. The highest BCUT2D eigenvalue weighted by atomic mass is 16.7. The van der Waals surface area contributed by atoms with E-state index in [1.807, 2.05) is 13.8 Å². The molecule has 0 amide bonds. The Morgan fingerprint density at radius 2 is 1.80 bits per heavy atom. The highest BCUT2D eigenvalue weighted by molar-refractivity contribution is 5.93. The molecular weight excluding hydrogens is 392 g/mol. The first-order valence-electron chi connectivity index (χ1n) is 11.1. The van der Waals surface area contributed by atoms with Gasteiger partial charge in [-0.1, -0.05) is 20.3 Å². The Morgan fingerprint density at radius 3 is 2.43 bits per heavy atom. The van der Waals surface area contributed by atoms with Gasteiger partial charge in [0.2, 0.25) is 5.79 Å². The summed E-state index contributed by atoms with van der Waals surface area (Å²) in [7, 11) is 2.97. The lowest BCUT2D eigenvalue weighted by atomic mass is 9.35. The van der Waals surface area contributed by atoms with Crippen LogP contribution < -0.4 is 0 Å². The number of ketones is 1. The Hall–Kier alpha value is -0.610. The van der Waals surface area contributed by atoms with Crippen LogP contribution >= 0.6 is 0 Å². The van der Waals surface area contributed by atoms with Gasteiger partial charge in [0.1, 0.15) is 11.5 Å². The van der Waals surface area contributed by atoms with Gasteiger partial charge >= 0.3 is 0 Å². The summed E-state index contributed by atoms with van der Waals surface area (Å²) in [4.78, 5) is 13.9. The number of rotatable bonds is 3. The van der Waals surface area contributed by atoms with E-state index in [-0.39, 0.29) is 24.2 Å². The van der Waals surface area contributed by atoms with Gasteiger partial charge in [-0.3, -0.25) is 4.79 Å². The van der Waals surface area contributed by atoms with E-state index in [0.29, 0.717) is 6.42 Å². The van der Waals surface area contributed by atoms with Crippen LogP contribution in [0.3, 0.4) is 0 Å². The quantitative estimate of drug-likeness (QED) is 0.499. The molecule has 170 valence electrons. The predicted octanol–water partition coefficient (Wildman–Crippen LogP) is 0.0545. The number of fused-ring (bicyclic) bond motifs is 2. The van der Waals surface area contributed by atoms with Crippen LogP contribution in [0.15, 0.2) is 0 Å². The van der Waals surface area contributed by atoms with Crippen LogP contribution in [0, 0.1) is 39.9 Å². The number of carbonyl (C=O) groups excluding carboxylic acids is 1. The molecule has 4 N–H and O–H groups in total. The van der Waals surface area contributed by atoms with Crippen molar-refractivity contribution in [2.24, 2.45) is 39.9 Å². The Bertz CT molecular complexity index is 755. The predicted molar refractivity (Wildman–Crippen MR) is 103 cm³/mol. The first-order valence-corrected chi connectivity index (χ1v) is 11.1. The van der Waals surface area contributed by atoms with E-state index in [4.69, 9.17) is 14.2 Å². The summed E-state index contributed by atoms with van der Waals surface area (Å²) in [6, 6.07) is 0. The molecule has 6 fully saturated rings. The summed E-state index contributed by atoms with van der Waals surface area (Å²) in [5.74, 6) is -5.18. The average molecular weight is 427 g/mol. The third kappa shape index (κ3) is 1.97. The molecule has 11 atom stereocenters. The fraction of sp³-hybridized carbons (Fsp3) is 0.955. The zero-order valence-electron chi connectivity index (χ0n) is 18.1. The first kappa shape index (κ1) is 21.2. The number of aliphatic hydroxyl groups excluding tert-OH is 3. The van der Waals surface area contributed by atoms with Crippen LogP contribution in [0.2, 0.25) is 0 Å². The van der Waals surface area contributed by atoms with Gasteiger partial charge in [0.25, 0.3) is 0 Å². The second kappa shape index (κ2) is 6.25. The van der Waals surface area contributed by atoms with E-state index in [9.17, 15) is 25.2 Å². The normalized spacial score (nSPS) is 58.5. The van der Waals surface area contributed by atoms with Crippen molar-refractivity contribution in [3.8, 4) is 0 Å². The van der Waals surface area contributed by atoms with Crippen LogP contribution in [0.4, 0.5) is 0 Å². The summed E-state index contributed by atoms with van der Waals surface area (Å²) in [6.07, 6.45) is -1.97. The Kier molecular flexibility index (Phi) is 4.42. The van der Waals surface area contributed by atoms with Gasteiger partial charge in [-0.05, 0) is 24.7 Å². The molecule has 2 heterocycles. The molecule has 4 aliphatic carbocycles. The highest BCUT2D eigenvalue weighted by Gasteiger charge is 2.89. The summed E-state index contributed by atoms with van der Waals surface area (Å²) in [5, 5.41) is 46.5. The van der Waals surface area contributed by atoms with E-state index in [0.717, 1.165) is 12.8 Å². The number of hydrogen-bond donors (Lipinski definition) is 4. The third-order valence-corrected chi connectivity index (χ3v) is 9.55. The van der Waals surface area contributed by atoms with Gasteiger partial charge in [0.05, 0.1) is 18.8 Å². The molecule has 0 radical (unpaired) electrons. The van der Waals surface area contributed by atoms with Crippen molar-refractivity contribution in [2.75, 3.05) is 20.8 Å². The molecule has 2 aliphatic heterocycles. The van der Waals surface area contributed by atoms with Crippen LogP contribution in [-0.4, -0.2) is 77.4 Å². The molecule has 30 heavy (non-hydrogen) atoms. The molecule has 8 nitrogen and oxygen atoms in total. The van der Waals surface area contributed by atoms with Crippen LogP contribution in [0.1, 0.15) is 39.5 Å². The minimum atomic E-state index is -2.35. The lowest BCUT2D eigenvalue weighted by Gasteiger charge is -2.76. The van der Waals surface area contributed by atoms with E-state index in [1.165, 1.54) is 14.2 Å². The van der Waals surface area contributed by atoms with E-state index < -0.39 is 64.9 Å². The molecule has 2 saturated heterocycles. The summed E-state index contributed by atoms with van der Waals surface area (Å²) in [5.41, 5.74) is -3.08. The summed E-state index contributed by atoms with van der Waals surface area (Å²) < 4.78 is 17.0. The fourth-order valence-electron chi connectivity index (χ4n) is 8.87. The minimum Gasteiger partial charge on any atom is -0.393 e. The smallest absolute Gasteiger partial charge is 0.210 e. The lowest BCUT2D eigenvalue weighted by Crippen LogP contribution is -2.87. The molecule has 0 aromatic heterocycles. The molecule has 8 heteroatoms. The van der Waals surface area contributed by atoms with Gasteiger partial charge < -0.3 is 34.6 Å². The third-order valence-electron chi connectivity index (χ3n) is 9.55. The van der Waals surface area contributed by atoms with Gasteiger partial charge in [-0.2, -0.15) is 0 Å². The number of hydrogen-bond acceptors (Lipinski definition) is 8. The van der Waals surface area contributed by atoms with Gasteiger partial charge in [0, 0.05) is 43.3 Å². The number of ether oxygens (including phenoxy) is 3. The molecule has 0 aromatic carbocycles. The maximum absolute atomic E-state index is 13.9. The summed E-state index contributed by atoms with van der Waals surface area (Å²) in [6.45, 7) is 4.18. The van der Waals surface area contributed by atoms with Crippen molar-refractivity contribution >= 4 is 5.78 Å². The minimum absolute atomic E-state index is 0.0869. The molecule has 4 saturated carbocycles. The molecule has 6 rings (SSSR count). The van der Waals surface area contributed by atoms with Crippen molar-refractivity contribution < 1.29 is 39.4 Å². The Labute approximate surface area is 176 Å². The molecule has 4 bridgehead atoms. The molecule has 6 aliphatic rings. The zero-order chi connectivity index (χ0) is 21.9. The van der Waals surface area contributed by atoms with Gasteiger partial charge in [0.15, 0.2) is 12.1 Å². The molecule has 2 spiro atoms. The maximum atomic E-state index is 13.9. The Balaban J connectivity index is 1.80. The number of Topliss-reactive ketones (excluding diaryl/α,β-unsaturated/α-hetero) is 1. The number of carbonyl (C=O) groups is 1. The largest absolute Gasteiger partial charge is 0.393 e.